The molecule has 3 heterocycles. The zero-order chi connectivity index (χ0) is 15.9. The Labute approximate surface area is 132 Å². The summed E-state index contributed by atoms with van der Waals surface area (Å²) >= 11 is 1.32. The smallest absolute Gasteiger partial charge is 0.124 e. The van der Waals surface area contributed by atoms with Crippen molar-refractivity contribution >= 4 is 28.9 Å². The van der Waals surface area contributed by atoms with E-state index in [-0.39, 0.29) is 6.04 Å². The number of hydrogen-bond acceptors (Lipinski definition) is 6. The van der Waals surface area contributed by atoms with E-state index in [4.69, 9.17) is 11.0 Å². The van der Waals surface area contributed by atoms with Crippen molar-refractivity contribution in [2.75, 3.05) is 5.73 Å². The Morgan fingerprint density at radius 2 is 2.27 bits per heavy atom. The van der Waals surface area contributed by atoms with Crippen LogP contribution in [0.1, 0.15) is 46.0 Å². The Kier molecular flexibility index (Phi) is 3.61. The highest BCUT2D eigenvalue weighted by molar-refractivity contribution is 7.13. The SMILES string of the molecule is CCC1c2nc(N)cc(C)c2C=C(c2ccc(C#N)s2)N1[O-]. The molecule has 0 saturated carbocycles. The van der Waals surface area contributed by atoms with Crippen molar-refractivity contribution in [2.24, 2.45) is 0 Å². The summed E-state index contributed by atoms with van der Waals surface area (Å²) in [6.07, 6.45) is 2.49. The molecule has 2 aromatic rings. The van der Waals surface area contributed by atoms with Gasteiger partial charge in [0.15, 0.2) is 0 Å². The lowest BCUT2D eigenvalue weighted by Crippen LogP contribution is -2.26. The van der Waals surface area contributed by atoms with Gasteiger partial charge in [-0.3, -0.25) is 0 Å². The Bertz CT molecular complexity index is 803. The third kappa shape index (κ3) is 2.25. The number of nitrogens with two attached hydrogens (primary N) is 1. The number of pyridine rings is 1. The largest absolute Gasteiger partial charge is 0.758 e. The first kappa shape index (κ1) is 14.6. The zero-order valence-electron chi connectivity index (χ0n) is 12.3. The van der Waals surface area contributed by atoms with Crippen molar-refractivity contribution in [3.63, 3.8) is 0 Å². The van der Waals surface area contributed by atoms with Gasteiger partial charge in [-0.05, 0) is 43.2 Å². The monoisotopic (exact) mass is 311 g/mol. The minimum atomic E-state index is -0.357. The van der Waals surface area contributed by atoms with E-state index in [1.54, 1.807) is 6.07 Å². The Hall–Kier alpha value is -2.36. The summed E-state index contributed by atoms with van der Waals surface area (Å²) in [5.74, 6) is 0.433. The van der Waals surface area contributed by atoms with Crippen LogP contribution in [-0.2, 0) is 0 Å². The first-order chi connectivity index (χ1) is 10.5. The van der Waals surface area contributed by atoms with Crippen molar-refractivity contribution < 1.29 is 0 Å². The second-order valence-corrected chi connectivity index (χ2v) is 6.30. The number of nitrogens with zero attached hydrogens (tertiary/aromatic N) is 3. The first-order valence-corrected chi connectivity index (χ1v) is 7.82. The summed E-state index contributed by atoms with van der Waals surface area (Å²) in [6.45, 7) is 3.92. The summed E-state index contributed by atoms with van der Waals surface area (Å²) in [4.78, 5) is 5.76. The Balaban J connectivity index is 2.19. The van der Waals surface area contributed by atoms with Gasteiger partial charge in [0.25, 0.3) is 0 Å². The predicted molar refractivity (Wildman–Crippen MR) is 88.5 cm³/mol. The van der Waals surface area contributed by atoms with Gasteiger partial charge in [-0.1, -0.05) is 6.92 Å². The van der Waals surface area contributed by atoms with Crippen LogP contribution < -0.4 is 5.73 Å². The third-order valence-electron chi connectivity index (χ3n) is 3.79. The van der Waals surface area contributed by atoms with Crippen LogP contribution >= 0.6 is 11.3 Å². The molecule has 0 saturated heterocycles. The molecular formula is C16H15N4OS-. The molecule has 0 bridgehead atoms. The molecule has 0 aromatic carbocycles. The van der Waals surface area contributed by atoms with Crippen LogP contribution in [0.2, 0.25) is 0 Å². The van der Waals surface area contributed by atoms with Crippen LogP contribution in [-0.4, -0.2) is 10.0 Å². The zero-order valence-corrected chi connectivity index (χ0v) is 13.1. The van der Waals surface area contributed by atoms with Crippen LogP contribution in [0.4, 0.5) is 5.82 Å². The number of nitrogen functional groups attached to an aromatic ring is 1. The van der Waals surface area contributed by atoms with Gasteiger partial charge < -0.3 is 16.0 Å². The number of aromatic nitrogens is 1. The number of hydroxylamine groups is 2. The molecule has 2 aromatic heterocycles. The predicted octanol–water partition coefficient (Wildman–Crippen LogP) is 3.67. The highest BCUT2D eigenvalue weighted by Gasteiger charge is 2.26. The molecular weight excluding hydrogens is 296 g/mol. The maximum absolute atomic E-state index is 12.7. The molecule has 0 spiro atoms. The van der Waals surface area contributed by atoms with Crippen molar-refractivity contribution in [3.05, 3.63) is 50.0 Å². The van der Waals surface area contributed by atoms with Crippen molar-refractivity contribution in [2.45, 2.75) is 26.3 Å². The van der Waals surface area contributed by atoms with Gasteiger partial charge in [0, 0.05) is 11.3 Å². The van der Waals surface area contributed by atoms with E-state index in [1.165, 1.54) is 11.3 Å². The molecule has 0 radical (unpaired) electrons. The van der Waals surface area contributed by atoms with Crippen LogP contribution in [0.5, 0.6) is 0 Å². The molecule has 0 aliphatic carbocycles. The number of hydrogen-bond donors (Lipinski definition) is 1. The molecule has 5 nitrogen and oxygen atoms in total. The lowest BCUT2D eigenvalue weighted by molar-refractivity contribution is 0.372. The number of thiophene rings is 1. The molecule has 1 aliphatic heterocycles. The second-order valence-electron chi connectivity index (χ2n) is 5.22. The molecule has 112 valence electrons. The van der Waals surface area contributed by atoms with Crippen LogP contribution in [0.15, 0.2) is 18.2 Å². The van der Waals surface area contributed by atoms with Crippen molar-refractivity contribution in [3.8, 4) is 6.07 Å². The quantitative estimate of drug-likeness (QED) is 0.914. The molecule has 2 N–H and O–H groups in total. The molecule has 3 rings (SSSR count). The maximum Gasteiger partial charge on any atom is 0.124 e. The van der Waals surface area contributed by atoms with Crippen LogP contribution in [0.3, 0.4) is 0 Å². The molecule has 1 unspecified atom stereocenters. The van der Waals surface area contributed by atoms with Gasteiger partial charge in [0.2, 0.25) is 0 Å². The van der Waals surface area contributed by atoms with E-state index >= 15 is 0 Å². The first-order valence-electron chi connectivity index (χ1n) is 7.00. The van der Waals surface area contributed by atoms with Crippen molar-refractivity contribution in [1.82, 2.24) is 10.0 Å². The summed E-state index contributed by atoms with van der Waals surface area (Å²) in [5.41, 5.74) is 9.10. The number of nitriles is 1. The van der Waals surface area contributed by atoms with Crippen molar-refractivity contribution in [1.29, 1.82) is 5.26 Å². The van der Waals surface area contributed by atoms with Gasteiger partial charge in [0.1, 0.15) is 16.8 Å². The van der Waals surface area contributed by atoms with Gasteiger partial charge in [0.05, 0.1) is 16.6 Å². The van der Waals surface area contributed by atoms with Crippen LogP contribution in [0.25, 0.3) is 11.8 Å². The second kappa shape index (κ2) is 5.44. The molecule has 22 heavy (non-hydrogen) atoms. The average molecular weight is 311 g/mol. The van der Waals surface area contributed by atoms with E-state index in [9.17, 15) is 5.21 Å². The Morgan fingerprint density at radius 3 is 2.91 bits per heavy atom. The summed E-state index contributed by atoms with van der Waals surface area (Å²) in [6, 6.07) is 7.12. The van der Waals surface area contributed by atoms with Gasteiger partial charge >= 0.3 is 0 Å². The fourth-order valence-electron chi connectivity index (χ4n) is 2.73. The molecule has 0 fully saturated rings. The lowest BCUT2D eigenvalue weighted by atomic mass is 9.95. The van der Waals surface area contributed by atoms with E-state index in [0.29, 0.717) is 22.8 Å². The normalized spacial score (nSPS) is 16.9. The fourth-order valence-corrected chi connectivity index (χ4v) is 3.54. The minimum Gasteiger partial charge on any atom is -0.758 e. The van der Waals surface area contributed by atoms with E-state index in [0.717, 1.165) is 26.8 Å². The Morgan fingerprint density at radius 1 is 1.50 bits per heavy atom. The number of rotatable bonds is 2. The van der Waals surface area contributed by atoms with Gasteiger partial charge in [-0.25, -0.2) is 4.98 Å². The topological polar surface area (TPSA) is 89.0 Å². The average Bonchev–Trinajstić information content (AvgIpc) is 2.95. The number of fused-ring (bicyclic) bond motifs is 1. The van der Waals surface area contributed by atoms with Crippen LogP contribution in [0, 0.1) is 23.5 Å². The summed E-state index contributed by atoms with van der Waals surface area (Å²) in [5, 5.41) is 22.7. The summed E-state index contributed by atoms with van der Waals surface area (Å²) in [7, 11) is 0. The standard InChI is InChI=1S/C16H15N4OS/c1-3-12-16-11(9(2)6-15(18)19-16)7-13(20(12)21)14-5-4-10(8-17)22-14/h4-7,12H,3H2,1-2H3,(H2,18,19)/q-1. The van der Waals surface area contributed by atoms with Gasteiger partial charge in [-0.15, -0.1) is 11.3 Å². The molecule has 1 aliphatic rings. The van der Waals surface area contributed by atoms with E-state index in [2.05, 4.69) is 11.1 Å². The molecule has 6 heteroatoms. The highest BCUT2D eigenvalue weighted by Crippen LogP contribution is 2.41. The fraction of sp³-hybridized carbons (Fsp3) is 0.250. The molecule has 0 amide bonds. The van der Waals surface area contributed by atoms with Gasteiger partial charge in [-0.2, -0.15) is 5.26 Å². The minimum absolute atomic E-state index is 0.357. The summed E-state index contributed by atoms with van der Waals surface area (Å²) < 4.78 is 0. The number of anilines is 1. The maximum atomic E-state index is 12.7. The highest BCUT2D eigenvalue weighted by atomic mass is 32.1. The third-order valence-corrected chi connectivity index (χ3v) is 4.80. The molecule has 1 atom stereocenters. The van der Waals surface area contributed by atoms with E-state index in [1.807, 2.05) is 32.1 Å². The lowest BCUT2D eigenvalue weighted by Gasteiger charge is -2.43. The van der Waals surface area contributed by atoms with E-state index < -0.39 is 0 Å². The number of aryl methyl sites for hydroxylation is 1.